The molecule has 0 N–H and O–H groups in total. The number of carbonyl (C=O) groups is 1. The van der Waals surface area contributed by atoms with E-state index in [-0.39, 0.29) is 17.8 Å². The zero-order valence-corrected chi connectivity index (χ0v) is 17.5. The molecule has 9 heteroatoms. The van der Waals surface area contributed by atoms with Crippen LogP contribution >= 0.6 is 0 Å². The molecule has 0 unspecified atom stereocenters. The van der Waals surface area contributed by atoms with Crippen LogP contribution in [0.1, 0.15) is 30.7 Å². The molecule has 0 amide bonds. The minimum absolute atomic E-state index is 0.0720. The fourth-order valence-electron chi connectivity index (χ4n) is 3.54. The molecule has 0 radical (unpaired) electrons. The van der Waals surface area contributed by atoms with E-state index in [0.29, 0.717) is 23.5 Å². The van der Waals surface area contributed by atoms with Crippen LogP contribution in [-0.2, 0) is 23.8 Å². The molecule has 0 aliphatic rings. The Morgan fingerprint density at radius 2 is 1.78 bits per heavy atom. The van der Waals surface area contributed by atoms with Crippen molar-refractivity contribution in [3.63, 3.8) is 0 Å². The molecule has 4 aromatic rings. The number of halogens is 3. The monoisotopic (exact) mass is 439 g/mol. The molecule has 0 fully saturated rings. The van der Waals surface area contributed by atoms with Gasteiger partial charge in [0.2, 0.25) is 0 Å². The van der Waals surface area contributed by atoms with E-state index in [0.717, 1.165) is 15.8 Å². The van der Waals surface area contributed by atoms with Gasteiger partial charge < -0.3 is 0 Å². The van der Waals surface area contributed by atoms with E-state index >= 15 is 0 Å². The standard InChI is InChI=1S/C23H20F3N5O/c1-3-17-13-27-31(22(17)23(24,25)26)20-9-7-19(8-10-20)30-14-21(28-29-30)18-6-4-5-16(12-18)11-15(2)32/h4-10,12-14H,3,11H2,1-2H3. The SMILES string of the molecule is CCc1cnn(-c2ccc(-n3cc(-c4cccc(CC(C)=O)c4)nn3)cc2)c1C(F)(F)F. The van der Waals surface area contributed by atoms with Crippen molar-refractivity contribution < 1.29 is 18.0 Å². The topological polar surface area (TPSA) is 65.6 Å². The summed E-state index contributed by atoms with van der Waals surface area (Å²) >= 11 is 0. The summed E-state index contributed by atoms with van der Waals surface area (Å²) in [6.45, 7) is 3.20. The summed E-state index contributed by atoms with van der Waals surface area (Å²) < 4.78 is 43.0. The van der Waals surface area contributed by atoms with Crippen LogP contribution in [0.5, 0.6) is 0 Å². The highest BCUT2D eigenvalue weighted by Gasteiger charge is 2.38. The fraction of sp³-hybridized carbons (Fsp3) is 0.217. The molecule has 0 atom stereocenters. The van der Waals surface area contributed by atoms with Gasteiger partial charge >= 0.3 is 6.18 Å². The van der Waals surface area contributed by atoms with Gasteiger partial charge in [0.15, 0.2) is 5.69 Å². The molecule has 0 saturated carbocycles. The lowest BCUT2D eigenvalue weighted by Crippen LogP contribution is -2.15. The van der Waals surface area contributed by atoms with E-state index in [2.05, 4.69) is 15.4 Å². The highest BCUT2D eigenvalue weighted by Crippen LogP contribution is 2.34. The average Bonchev–Trinajstić information content (AvgIpc) is 3.41. The molecule has 164 valence electrons. The molecular weight excluding hydrogens is 419 g/mol. The van der Waals surface area contributed by atoms with Gasteiger partial charge in [-0.3, -0.25) is 4.79 Å². The lowest BCUT2D eigenvalue weighted by atomic mass is 10.0. The summed E-state index contributed by atoms with van der Waals surface area (Å²) in [5, 5.41) is 12.2. The Hall–Kier alpha value is -3.75. The maximum Gasteiger partial charge on any atom is 0.433 e. The Kier molecular flexibility index (Phi) is 5.65. The first-order valence-corrected chi connectivity index (χ1v) is 10.0. The van der Waals surface area contributed by atoms with Crippen molar-refractivity contribution in [3.8, 4) is 22.6 Å². The van der Waals surface area contributed by atoms with Crippen LogP contribution in [0.25, 0.3) is 22.6 Å². The maximum atomic E-state index is 13.5. The summed E-state index contributed by atoms with van der Waals surface area (Å²) in [7, 11) is 0. The van der Waals surface area contributed by atoms with E-state index in [1.165, 1.54) is 13.1 Å². The number of aryl methyl sites for hydroxylation is 1. The van der Waals surface area contributed by atoms with Crippen molar-refractivity contribution in [2.75, 3.05) is 0 Å². The van der Waals surface area contributed by atoms with Gasteiger partial charge in [0.25, 0.3) is 0 Å². The summed E-state index contributed by atoms with van der Waals surface area (Å²) in [6.07, 6.45) is -0.941. The third-order valence-electron chi connectivity index (χ3n) is 5.02. The number of nitrogens with zero attached hydrogens (tertiary/aromatic N) is 5. The second-order valence-electron chi connectivity index (χ2n) is 7.43. The molecule has 2 aromatic carbocycles. The van der Waals surface area contributed by atoms with Crippen LogP contribution in [0.4, 0.5) is 13.2 Å². The number of hydrogen-bond acceptors (Lipinski definition) is 4. The normalized spacial score (nSPS) is 11.7. The van der Waals surface area contributed by atoms with Gasteiger partial charge in [-0.2, -0.15) is 18.3 Å². The number of benzene rings is 2. The molecule has 0 saturated heterocycles. The molecule has 2 aromatic heterocycles. The minimum Gasteiger partial charge on any atom is -0.300 e. The molecule has 2 heterocycles. The highest BCUT2D eigenvalue weighted by atomic mass is 19.4. The van der Waals surface area contributed by atoms with Gasteiger partial charge in [0.1, 0.15) is 11.5 Å². The number of ketones is 1. The summed E-state index contributed by atoms with van der Waals surface area (Å²) in [5.41, 5.74) is 2.67. The Balaban J connectivity index is 1.61. The number of aromatic nitrogens is 5. The van der Waals surface area contributed by atoms with Crippen molar-refractivity contribution >= 4 is 5.78 Å². The van der Waals surface area contributed by atoms with Crippen molar-refractivity contribution in [2.45, 2.75) is 32.9 Å². The van der Waals surface area contributed by atoms with Crippen molar-refractivity contribution in [3.05, 3.63) is 77.7 Å². The van der Waals surface area contributed by atoms with Crippen molar-refractivity contribution in [1.29, 1.82) is 0 Å². The van der Waals surface area contributed by atoms with Crippen LogP contribution in [0.15, 0.2) is 60.9 Å². The van der Waals surface area contributed by atoms with Crippen LogP contribution < -0.4 is 0 Å². The predicted octanol–water partition coefficient (Wildman–Crippen LogP) is 4.83. The maximum absolute atomic E-state index is 13.5. The number of rotatable bonds is 6. The van der Waals surface area contributed by atoms with Gasteiger partial charge in [0, 0.05) is 17.5 Å². The van der Waals surface area contributed by atoms with E-state index in [1.54, 1.807) is 42.1 Å². The molecule has 0 aliphatic carbocycles. The zero-order chi connectivity index (χ0) is 22.9. The number of alkyl halides is 3. The number of Topliss-reactive ketones (excluding diaryl/α,β-unsaturated/α-hetero) is 1. The third-order valence-corrected chi connectivity index (χ3v) is 5.02. The van der Waals surface area contributed by atoms with Gasteiger partial charge in [0.05, 0.1) is 23.8 Å². The number of carbonyl (C=O) groups excluding carboxylic acids is 1. The lowest BCUT2D eigenvalue weighted by molar-refractivity contribution is -0.143. The highest BCUT2D eigenvalue weighted by molar-refractivity contribution is 5.78. The molecular formula is C23H20F3N5O. The minimum atomic E-state index is -4.50. The molecule has 0 spiro atoms. The first kappa shape index (κ1) is 21.5. The largest absolute Gasteiger partial charge is 0.433 e. The first-order chi connectivity index (χ1) is 15.3. The van der Waals surface area contributed by atoms with Crippen LogP contribution in [-0.4, -0.2) is 30.6 Å². The molecule has 0 bridgehead atoms. The quantitative estimate of drug-likeness (QED) is 0.432. The molecule has 4 rings (SSSR count). The van der Waals surface area contributed by atoms with Gasteiger partial charge in [-0.1, -0.05) is 30.3 Å². The Labute approximate surface area is 182 Å². The number of hydrogen-bond donors (Lipinski definition) is 0. The van der Waals surface area contributed by atoms with Gasteiger partial charge in [-0.15, -0.1) is 5.10 Å². The van der Waals surface area contributed by atoms with Crippen molar-refractivity contribution in [2.24, 2.45) is 0 Å². The van der Waals surface area contributed by atoms with Crippen LogP contribution in [0.3, 0.4) is 0 Å². The molecule has 0 aliphatic heterocycles. The van der Waals surface area contributed by atoms with E-state index in [4.69, 9.17) is 0 Å². The molecule has 6 nitrogen and oxygen atoms in total. The summed E-state index contributed by atoms with van der Waals surface area (Å²) in [5.74, 6) is 0.0720. The van der Waals surface area contributed by atoms with E-state index < -0.39 is 11.9 Å². The second-order valence-corrected chi connectivity index (χ2v) is 7.43. The first-order valence-electron chi connectivity index (χ1n) is 10.0. The summed E-state index contributed by atoms with van der Waals surface area (Å²) in [4.78, 5) is 11.4. The zero-order valence-electron chi connectivity index (χ0n) is 17.5. The average molecular weight is 439 g/mol. The second kappa shape index (κ2) is 8.41. The van der Waals surface area contributed by atoms with E-state index in [1.807, 2.05) is 24.3 Å². The van der Waals surface area contributed by atoms with Crippen LogP contribution in [0, 0.1) is 0 Å². The van der Waals surface area contributed by atoms with Crippen LogP contribution in [0.2, 0.25) is 0 Å². The molecule has 32 heavy (non-hydrogen) atoms. The Bertz CT molecular complexity index is 1260. The Morgan fingerprint density at radius 3 is 2.44 bits per heavy atom. The van der Waals surface area contributed by atoms with Gasteiger partial charge in [-0.25, -0.2) is 9.36 Å². The lowest BCUT2D eigenvalue weighted by Gasteiger charge is -2.12. The van der Waals surface area contributed by atoms with E-state index in [9.17, 15) is 18.0 Å². The third kappa shape index (κ3) is 4.32. The predicted molar refractivity (Wildman–Crippen MR) is 113 cm³/mol. The van der Waals surface area contributed by atoms with Gasteiger partial charge in [-0.05, 0) is 49.2 Å². The fourth-order valence-corrected chi connectivity index (χ4v) is 3.54. The summed E-state index contributed by atoms with van der Waals surface area (Å²) in [6, 6.07) is 13.9. The van der Waals surface area contributed by atoms with Crippen molar-refractivity contribution in [1.82, 2.24) is 24.8 Å². The smallest absolute Gasteiger partial charge is 0.300 e. The Morgan fingerprint density at radius 1 is 1.06 bits per heavy atom.